The molecule has 6 heteroatoms. The van der Waals surface area contributed by atoms with Crippen LogP contribution in [0.4, 0.5) is 0 Å². The van der Waals surface area contributed by atoms with E-state index in [4.69, 9.17) is 0 Å². The second kappa shape index (κ2) is 5.58. The van der Waals surface area contributed by atoms with Crippen LogP contribution in [0.15, 0.2) is 29.2 Å². The molecule has 0 bridgehead atoms. The number of aliphatic hydroxyl groups excluding tert-OH is 1. The number of likely N-dealkylation sites (N-methyl/N-ethyl adjacent to an activating group) is 1. The molecule has 1 aromatic carbocycles. The summed E-state index contributed by atoms with van der Waals surface area (Å²) in [4.78, 5) is 2.31. The Morgan fingerprint density at radius 2 is 2.21 bits per heavy atom. The fraction of sp³-hybridized carbons (Fsp3) is 0.538. The molecular weight excluding hydrogens is 264 g/mol. The summed E-state index contributed by atoms with van der Waals surface area (Å²) in [6.45, 7) is 3.25. The van der Waals surface area contributed by atoms with Crippen LogP contribution in [0.5, 0.6) is 0 Å². The van der Waals surface area contributed by atoms with E-state index in [1.54, 1.807) is 25.1 Å². The minimum Gasteiger partial charge on any atom is -0.389 e. The van der Waals surface area contributed by atoms with Gasteiger partial charge in [-0.25, -0.2) is 13.1 Å². The van der Waals surface area contributed by atoms with Crippen LogP contribution in [0.1, 0.15) is 25.0 Å². The molecule has 19 heavy (non-hydrogen) atoms. The molecule has 1 heterocycles. The first-order valence-electron chi connectivity index (χ1n) is 6.37. The topological polar surface area (TPSA) is 69.6 Å². The lowest BCUT2D eigenvalue weighted by atomic mass is 10.1. The average Bonchev–Trinajstić information content (AvgIpc) is 2.74. The van der Waals surface area contributed by atoms with Gasteiger partial charge < -0.3 is 10.0 Å². The summed E-state index contributed by atoms with van der Waals surface area (Å²) in [5.74, 6) is 0. The Balaban J connectivity index is 2.17. The fourth-order valence-electron chi connectivity index (χ4n) is 2.26. The molecule has 1 fully saturated rings. The lowest BCUT2D eigenvalue weighted by Gasteiger charge is -2.14. The standard InChI is InChI=1S/C13H20N2O3S/c1-10(16)11-4-3-5-13(8-11)19(17,18)14-12-6-7-15(2)9-12/h3-5,8,10,12,14,16H,6-7,9H2,1-2H3. The van der Waals surface area contributed by atoms with E-state index in [1.807, 2.05) is 7.05 Å². The van der Waals surface area contributed by atoms with Crippen LogP contribution in [0, 0.1) is 0 Å². The summed E-state index contributed by atoms with van der Waals surface area (Å²) in [7, 11) is -1.54. The van der Waals surface area contributed by atoms with E-state index in [-0.39, 0.29) is 10.9 Å². The Hall–Kier alpha value is -0.950. The van der Waals surface area contributed by atoms with Gasteiger partial charge in [0, 0.05) is 12.6 Å². The van der Waals surface area contributed by atoms with Crippen molar-refractivity contribution in [3.63, 3.8) is 0 Å². The molecule has 0 aliphatic carbocycles. The first-order chi connectivity index (χ1) is 8.88. The minimum absolute atomic E-state index is 0.0368. The number of nitrogens with zero attached hydrogens (tertiary/aromatic N) is 1. The Morgan fingerprint density at radius 3 is 2.79 bits per heavy atom. The molecule has 5 nitrogen and oxygen atoms in total. The van der Waals surface area contributed by atoms with Gasteiger partial charge in [-0.1, -0.05) is 12.1 Å². The third-order valence-corrected chi connectivity index (χ3v) is 4.88. The molecule has 2 atom stereocenters. The number of nitrogens with one attached hydrogen (secondary N) is 1. The van der Waals surface area contributed by atoms with Gasteiger partial charge in [0.25, 0.3) is 0 Å². The second-order valence-electron chi connectivity index (χ2n) is 5.12. The van der Waals surface area contributed by atoms with Crippen molar-refractivity contribution in [3.8, 4) is 0 Å². The zero-order valence-electron chi connectivity index (χ0n) is 11.2. The van der Waals surface area contributed by atoms with Crippen molar-refractivity contribution in [1.82, 2.24) is 9.62 Å². The first-order valence-corrected chi connectivity index (χ1v) is 7.86. The Labute approximate surface area is 114 Å². The van der Waals surface area contributed by atoms with Crippen molar-refractivity contribution in [3.05, 3.63) is 29.8 Å². The normalized spacial score (nSPS) is 22.6. The summed E-state index contributed by atoms with van der Waals surface area (Å²) >= 11 is 0. The highest BCUT2D eigenvalue weighted by molar-refractivity contribution is 7.89. The molecule has 2 unspecified atom stereocenters. The van der Waals surface area contributed by atoms with E-state index in [1.165, 1.54) is 6.07 Å². The molecule has 0 saturated carbocycles. The number of hydrogen-bond donors (Lipinski definition) is 2. The predicted octanol–water partition coefficient (Wildman–Crippen LogP) is 0.722. The van der Waals surface area contributed by atoms with E-state index in [2.05, 4.69) is 9.62 Å². The zero-order valence-corrected chi connectivity index (χ0v) is 12.0. The number of benzene rings is 1. The van der Waals surface area contributed by atoms with Gasteiger partial charge in [-0.2, -0.15) is 0 Å². The number of likely N-dealkylation sites (tertiary alicyclic amines) is 1. The van der Waals surface area contributed by atoms with Crippen molar-refractivity contribution >= 4 is 10.0 Å². The van der Waals surface area contributed by atoms with Gasteiger partial charge in [-0.15, -0.1) is 0 Å². The van der Waals surface area contributed by atoms with E-state index < -0.39 is 16.1 Å². The summed E-state index contributed by atoms with van der Waals surface area (Å²) in [6, 6.07) is 6.40. The summed E-state index contributed by atoms with van der Waals surface area (Å²) in [6.07, 6.45) is 0.152. The van der Waals surface area contributed by atoms with Gasteiger partial charge in [-0.3, -0.25) is 0 Å². The van der Waals surface area contributed by atoms with Crippen LogP contribution in [-0.2, 0) is 10.0 Å². The lowest BCUT2D eigenvalue weighted by Crippen LogP contribution is -2.36. The molecule has 1 aromatic rings. The molecule has 0 aromatic heterocycles. The Kier molecular flexibility index (Phi) is 4.25. The largest absolute Gasteiger partial charge is 0.389 e. The minimum atomic E-state index is -3.51. The van der Waals surface area contributed by atoms with Crippen LogP contribution in [0.3, 0.4) is 0 Å². The van der Waals surface area contributed by atoms with E-state index >= 15 is 0 Å². The molecule has 2 rings (SSSR count). The average molecular weight is 284 g/mol. The van der Waals surface area contributed by atoms with E-state index in [0.29, 0.717) is 5.56 Å². The predicted molar refractivity (Wildman–Crippen MR) is 73.3 cm³/mol. The summed E-state index contributed by atoms with van der Waals surface area (Å²) in [5.41, 5.74) is 0.603. The molecule has 106 valence electrons. The highest BCUT2D eigenvalue weighted by Gasteiger charge is 2.25. The van der Waals surface area contributed by atoms with Crippen molar-refractivity contribution in [1.29, 1.82) is 0 Å². The van der Waals surface area contributed by atoms with Gasteiger partial charge in [0.1, 0.15) is 0 Å². The van der Waals surface area contributed by atoms with E-state index in [9.17, 15) is 13.5 Å². The quantitative estimate of drug-likeness (QED) is 0.855. The third-order valence-electron chi connectivity index (χ3n) is 3.36. The van der Waals surface area contributed by atoms with Gasteiger partial charge in [0.15, 0.2) is 0 Å². The third kappa shape index (κ3) is 3.54. The first kappa shape index (κ1) is 14.5. The van der Waals surface area contributed by atoms with Crippen LogP contribution in [0.2, 0.25) is 0 Å². The Bertz CT molecular complexity index is 543. The SMILES string of the molecule is CC(O)c1cccc(S(=O)(=O)NC2CCN(C)C2)c1. The second-order valence-corrected chi connectivity index (χ2v) is 6.83. The monoisotopic (exact) mass is 284 g/mol. The van der Waals surface area contributed by atoms with Gasteiger partial charge >= 0.3 is 0 Å². The molecule has 0 spiro atoms. The van der Waals surface area contributed by atoms with E-state index in [0.717, 1.165) is 19.5 Å². The molecule has 1 aliphatic rings. The number of aliphatic hydroxyl groups is 1. The van der Waals surface area contributed by atoms with Crippen molar-refractivity contribution < 1.29 is 13.5 Å². The smallest absolute Gasteiger partial charge is 0.240 e. The number of sulfonamides is 1. The van der Waals surface area contributed by atoms with Crippen molar-refractivity contribution in [2.45, 2.75) is 30.4 Å². The number of rotatable bonds is 4. The highest BCUT2D eigenvalue weighted by atomic mass is 32.2. The maximum atomic E-state index is 12.3. The summed E-state index contributed by atoms with van der Waals surface area (Å²) < 4.78 is 27.2. The number of hydrogen-bond acceptors (Lipinski definition) is 4. The molecule has 0 radical (unpaired) electrons. The molecule has 1 saturated heterocycles. The lowest BCUT2D eigenvalue weighted by molar-refractivity contribution is 0.199. The van der Waals surface area contributed by atoms with Gasteiger partial charge in [0.2, 0.25) is 10.0 Å². The molecule has 1 aliphatic heterocycles. The molecule has 2 N–H and O–H groups in total. The maximum Gasteiger partial charge on any atom is 0.240 e. The van der Waals surface area contributed by atoms with Crippen molar-refractivity contribution in [2.24, 2.45) is 0 Å². The maximum absolute atomic E-state index is 12.3. The molecule has 0 amide bonds. The van der Waals surface area contributed by atoms with Crippen molar-refractivity contribution in [2.75, 3.05) is 20.1 Å². The van der Waals surface area contributed by atoms with Crippen LogP contribution < -0.4 is 4.72 Å². The fourth-order valence-corrected chi connectivity index (χ4v) is 3.58. The van der Waals surface area contributed by atoms with Gasteiger partial charge in [-0.05, 0) is 44.6 Å². The molecular formula is C13H20N2O3S. The zero-order chi connectivity index (χ0) is 14.0. The van der Waals surface area contributed by atoms with Crippen LogP contribution >= 0.6 is 0 Å². The van der Waals surface area contributed by atoms with Crippen LogP contribution in [0.25, 0.3) is 0 Å². The van der Waals surface area contributed by atoms with Crippen LogP contribution in [-0.4, -0.2) is 44.6 Å². The summed E-state index contributed by atoms with van der Waals surface area (Å²) in [5, 5.41) is 9.51. The Morgan fingerprint density at radius 1 is 1.47 bits per heavy atom. The highest BCUT2D eigenvalue weighted by Crippen LogP contribution is 2.18. The van der Waals surface area contributed by atoms with Gasteiger partial charge in [0.05, 0.1) is 11.0 Å².